The SMILES string of the molecule is Cc1cnc2c(S(=O)(=O)N3CCCN(C(=O)c4ccccc4F)CC3)cccc2c1. The predicted molar refractivity (Wildman–Crippen MR) is 112 cm³/mol. The van der Waals surface area contributed by atoms with Crippen molar-refractivity contribution in [2.45, 2.75) is 18.2 Å². The largest absolute Gasteiger partial charge is 0.337 e. The Morgan fingerprint density at radius 1 is 1.03 bits per heavy atom. The molecule has 1 aromatic heterocycles. The first kappa shape index (κ1) is 20.4. The summed E-state index contributed by atoms with van der Waals surface area (Å²) in [5.74, 6) is -0.997. The minimum absolute atomic E-state index is 0.00225. The molecule has 0 saturated carbocycles. The van der Waals surface area contributed by atoms with Crippen molar-refractivity contribution in [3.8, 4) is 0 Å². The van der Waals surface area contributed by atoms with E-state index in [9.17, 15) is 17.6 Å². The molecule has 6 nitrogen and oxygen atoms in total. The normalized spacial score (nSPS) is 15.9. The highest BCUT2D eigenvalue weighted by Gasteiger charge is 2.30. The van der Waals surface area contributed by atoms with Gasteiger partial charge >= 0.3 is 0 Å². The van der Waals surface area contributed by atoms with Crippen molar-refractivity contribution in [3.63, 3.8) is 0 Å². The van der Waals surface area contributed by atoms with Gasteiger partial charge in [-0.1, -0.05) is 24.3 Å². The molecule has 2 aromatic carbocycles. The number of halogens is 1. The molecular formula is C22H22FN3O3S. The van der Waals surface area contributed by atoms with Crippen LogP contribution in [0.3, 0.4) is 0 Å². The van der Waals surface area contributed by atoms with Crippen molar-refractivity contribution in [1.29, 1.82) is 0 Å². The van der Waals surface area contributed by atoms with E-state index >= 15 is 0 Å². The summed E-state index contributed by atoms with van der Waals surface area (Å²) in [6.45, 7) is 2.90. The van der Waals surface area contributed by atoms with E-state index in [1.54, 1.807) is 24.4 Å². The second-order valence-corrected chi connectivity index (χ2v) is 9.28. The van der Waals surface area contributed by atoms with Crippen LogP contribution in [0, 0.1) is 12.7 Å². The van der Waals surface area contributed by atoms with Crippen LogP contribution in [0.2, 0.25) is 0 Å². The van der Waals surface area contributed by atoms with Crippen molar-refractivity contribution in [2.75, 3.05) is 26.2 Å². The molecule has 2 heterocycles. The van der Waals surface area contributed by atoms with Crippen LogP contribution in [0.25, 0.3) is 10.9 Å². The van der Waals surface area contributed by atoms with Crippen molar-refractivity contribution >= 4 is 26.8 Å². The minimum atomic E-state index is -3.79. The van der Waals surface area contributed by atoms with Gasteiger partial charge in [0, 0.05) is 37.8 Å². The first-order chi connectivity index (χ1) is 14.4. The molecule has 4 rings (SSSR count). The van der Waals surface area contributed by atoms with Gasteiger partial charge in [-0.3, -0.25) is 9.78 Å². The zero-order valence-electron chi connectivity index (χ0n) is 16.6. The summed E-state index contributed by atoms with van der Waals surface area (Å²) in [4.78, 5) is 18.7. The molecule has 1 aliphatic rings. The second kappa shape index (κ2) is 8.12. The second-order valence-electron chi connectivity index (χ2n) is 7.37. The Morgan fingerprint density at radius 2 is 1.83 bits per heavy atom. The van der Waals surface area contributed by atoms with Crippen LogP contribution >= 0.6 is 0 Å². The molecule has 1 fully saturated rings. The number of aryl methyl sites for hydroxylation is 1. The maximum Gasteiger partial charge on any atom is 0.256 e. The highest BCUT2D eigenvalue weighted by atomic mass is 32.2. The summed E-state index contributed by atoms with van der Waals surface area (Å²) in [5, 5.41) is 0.766. The number of carbonyl (C=O) groups is 1. The molecule has 8 heteroatoms. The van der Waals surface area contributed by atoms with Gasteiger partial charge in [0.05, 0.1) is 11.1 Å². The monoisotopic (exact) mass is 427 g/mol. The number of sulfonamides is 1. The lowest BCUT2D eigenvalue weighted by Gasteiger charge is -2.22. The van der Waals surface area contributed by atoms with Crippen LogP contribution < -0.4 is 0 Å². The first-order valence-electron chi connectivity index (χ1n) is 9.77. The molecule has 0 spiro atoms. The minimum Gasteiger partial charge on any atom is -0.337 e. The summed E-state index contributed by atoms with van der Waals surface area (Å²) in [5.41, 5.74) is 1.39. The van der Waals surface area contributed by atoms with E-state index in [2.05, 4.69) is 4.98 Å². The van der Waals surface area contributed by atoms with Gasteiger partial charge in [-0.05, 0) is 43.2 Å². The molecule has 0 radical (unpaired) electrons. The van der Waals surface area contributed by atoms with E-state index < -0.39 is 21.7 Å². The third-order valence-electron chi connectivity index (χ3n) is 5.27. The Hall–Kier alpha value is -2.84. The summed E-state index contributed by atoms with van der Waals surface area (Å²) in [6, 6.07) is 12.8. The number of aromatic nitrogens is 1. The Bertz CT molecular complexity index is 1210. The van der Waals surface area contributed by atoms with Gasteiger partial charge in [-0.25, -0.2) is 12.8 Å². The van der Waals surface area contributed by atoms with Crippen molar-refractivity contribution in [3.05, 3.63) is 71.7 Å². The number of nitrogens with zero attached hydrogens (tertiary/aromatic N) is 3. The predicted octanol–water partition coefficient (Wildman–Crippen LogP) is 3.22. The smallest absolute Gasteiger partial charge is 0.256 e. The van der Waals surface area contributed by atoms with Gasteiger partial charge in [0.1, 0.15) is 10.7 Å². The Kier molecular flexibility index (Phi) is 5.53. The molecular weight excluding hydrogens is 405 g/mol. The van der Waals surface area contributed by atoms with Crippen LogP contribution in [-0.2, 0) is 10.0 Å². The topological polar surface area (TPSA) is 70.6 Å². The average Bonchev–Trinajstić information content (AvgIpc) is 3.00. The van der Waals surface area contributed by atoms with Gasteiger partial charge in [-0.15, -0.1) is 0 Å². The standard InChI is InChI=1S/C22H22FN3O3S/c1-16-14-17-6-4-9-20(21(17)24-15-16)30(28,29)26-11-5-10-25(12-13-26)22(27)18-7-2-3-8-19(18)23/h2-4,6-9,14-15H,5,10-13H2,1H3. The maximum atomic E-state index is 14.0. The van der Waals surface area contributed by atoms with Gasteiger partial charge < -0.3 is 4.90 Å². The first-order valence-corrected chi connectivity index (χ1v) is 11.2. The molecule has 1 aliphatic heterocycles. The highest BCUT2D eigenvalue weighted by molar-refractivity contribution is 7.89. The lowest BCUT2D eigenvalue weighted by molar-refractivity contribution is 0.0759. The van der Waals surface area contributed by atoms with Crippen LogP contribution in [0.1, 0.15) is 22.3 Å². The lowest BCUT2D eigenvalue weighted by Crippen LogP contribution is -2.37. The van der Waals surface area contributed by atoms with Gasteiger partial charge in [-0.2, -0.15) is 4.31 Å². The number of amides is 1. The molecule has 30 heavy (non-hydrogen) atoms. The number of rotatable bonds is 3. The number of hydrogen-bond acceptors (Lipinski definition) is 4. The lowest BCUT2D eigenvalue weighted by atomic mass is 10.2. The van der Waals surface area contributed by atoms with E-state index in [4.69, 9.17) is 0 Å². The highest BCUT2D eigenvalue weighted by Crippen LogP contribution is 2.26. The molecule has 156 valence electrons. The number of pyridine rings is 1. The van der Waals surface area contributed by atoms with E-state index in [0.29, 0.717) is 18.5 Å². The van der Waals surface area contributed by atoms with Crippen LogP contribution in [0.4, 0.5) is 4.39 Å². The summed E-state index contributed by atoms with van der Waals surface area (Å²) in [6.07, 6.45) is 2.12. The maximum absolute atomic E-state index is 14.0. The van der Waals surface area contributed by atoms with E-state index in [-0.39, 0.29) is 30.1 Å². The Morgan fingerprint density at radius 3 is 2.63 bits per heavy atom. The number of para-hydroxylation sites is 1. The van der Waals surface area contributed by atoms with Gasteiger partial charge in [0.15, 0.2) is 0 Å². The van der Waals surface area contributed by atoms with Crippen LogP contribution in [0.15, 0.2) is 59.6 Å². The zero-order valence-corrected chi connectivity index (χ0v) is 17.4. The molecule has 1 saturated heterocycles. The third-order valence-corrected chi connectivity index (χ3v) is 7.21. The number of fused-ring (bicyclic) bond motifs is 1. The molecule has 0 atom stereocenters. The Balaban J connectivity index is 1.59. The van der Waals surface area contributed by atoms with Crippen molar-refractivity contribution in [2.24, 2.45) is 0 Å². The molecule has 0 unspecified atom stereocenters. The summed E-state index contributed by atoms with van der Waals surface area (Å²) < 4.78 is 42.1. The molecule has 3 aromatic rings. The molecule has 1 amide bonds. The van der Waals surface area contributed by atoms with E-state index in [0.717, 1.165) is 10.9 Å². The fourth-order valence-corrected chi connectivity index (χ4v) is 5.37. The summed E-state index contributed by atoms with van der Waals surface area (Å²) >= 11 is 0. The average molecular weight is 428 g/mol. The van der Waals surface area contributed by atoms with Crippen LogP contribution in [-0.4, -0.2) is 54.7 Å². The quantitative estimate of drug-likeness (QED) is 0.644. The third kappa shape index (κ3) is 3.80. The molecule has 0 aliphatic carbocycles. The summed E-state index contributed by atoms with van der Waals surface area (Å²) in [7, 11) is -3.79. The van der Waals surface area contributed by atoms with Crippen molar-refractivity contribution in [1.82, 2.24) is 14.2 Å². The zero-order chi connectivity index (χ0) is 21.3. The fourth-order valence-electron chi connectivity index (χ4n) is 3.73. The fraction of sp³-hybridized carbons (Fsp3) is 0.273. The van der Waals surface area contributed by atoms with E-state index in [1.807, 2.05) is 19.1 Å². The van der Waals surface area contributed by atoms with Gasteiger partial charge in [0.2, 0.25) is 10.0 Å². The van der Waals surface area contributed by atoms with Crippen LogP contribution in [0.5, 0.6) is 0 Å². The molecule has 0 N–H and O–H groups in total. The van der Waals surface area contributed by atoms with Crippen molar-refractivity contribution < 1.29 is 17.6 Å². The number of carbonyl (C=O) groups excluding carboxylic acids is 1. The Labute approximate surface area is 175 Å². The van der Waals surface area contributed by atoms with Gasteiger partial charge in [0.25, 0.3) is 5.91 Å². The number of hydrogen-bond donors (Lipinski definition) is 0. The molecule has 0 bridgehead atoms. The number of benzene rings is 2. The van der Waals surface area contributed by atoms with E-state index in [1.165, 1.54) is 27.4 Å².